The van der Waals surface area contributed by atoms with Crippen LogP contribution in [0.5, 0.6) is 0 Å². The third-order valence-corrected chi connectivity index (χ3v) is 3.33. The summed E-state index contributed by atoms with van der Waals surface area (Å²) in [6, 6.07) is 3.94. The second-order valence-electron chi connectivity index (χ2n) is 4.41. The highest BCUT2D eigenvalue weighted by Gasteiger charge is 2.25. The standard InChI is InChI=1S/C10H16N4O3S/c1-10(2,9(12)15)14-8-4-3-6(5-7(8)11)18(13,16)17/h3-5,14H,11H2,1-2H3,(H2,12,15)(H2,13,16,17). The van der Waals surface area contributed by atoms with Crippen molar-refractivity contribution >= 4 is 27.3 Å². The molecule has 1 rings (SSSR count). The average Bonchev–Trinajstić information content (AvgIpc) is 2.19. The Morgan fingerprint density at radius 1 is 1.33 bits per heavy atom. The Balaban J connectivity index is 3.12. The smallest absolute Gasteiger partial charge is 0.242 e. The lowest BCUT2D eigenvalue weighted by Crippen LogP contribution is -2.45. The molecule has 0 aliphatic heterocycles. The van der Waals surface area contributed by atoms with Crippen molar-refractivity contribution in [2.24, 2.45) is 10.9 Å². The minimum absolute atomic E-state index is 0.0950. The molecular formula is C10H16N4O3S. The second kappa shape index (κ2) is 4.46. The lowest BCUT2D eigenvalue weighted by atomic mass is 10.0. The summed E-state index contributed by atoms with van der Waals surface area (Å²) in [5, 5.41) is 7.80. The first-order chi connectivity index (χ1) is 8.04. The van der Waals surface area contributed by atoms with E-state index in [0.717, 1.165) is 0 Å². The third kappa shape index (κ3) is 3.11. The van der Waals surface area contributed by atoms with E-state index in [-0.39, 0.29) is 10.6 Å². The fourth-order valence-corrected chi connectivity index (χ4v) is 1.78. The Hall–Kier alpha value is -1.80. The van der Waals surface area contributed by atoms with Crippen molar-refractivity contribution in [3.05, 3.63) is 18.2 Å². The highest BCUT2D eigenvalue weighted by atomic mass is 32.2. The van der Waals surface area contributed by atoms with Gasteiger partial charge in [-0.1, -0.05) is 0 Å². The van der Waals surface area contributed by atoms with Gasteiger partial charge in [-0.05, 0) is 32.0 Å². The second-order valence-corrected chi connectivity index (χ2v) is 5.97. The molecule has 7 N–H and O–H groups in total. The monoisotopic (exact) mass is 272 g/mol. The van der Waals surface area contributed by atoms with Crippen molar-refractivity contribution in [1.82, 2.24) is 0 Å². The maximum atomic E-state index is 11.2. The van der Waals surface area contributed by atoms with Crippen LogP contribution in [0.4, 0.5) is 11.4 Å². The summed E-state index contributed by atoms with van der Waals surface area (Å²) in [5.41, 5.74) is 10.5. The molecule has 0 radical (unpaired) electrons. The van der Waals surface area contributed by atoms with E-state index in [2.05, 4.69) is 5.32 Å². The number of carbonyl (C=O) groups is 1. The quantitative estimate of drug-likeness (QED) is 0.551. The van der Waals surface area contributed by atoms with E-state index < -0.39 is 21.5 Å². The molecule has 0 aliphatic carbocycles. The van der Waals surface area contributed by atoms with Crippen LogP contribution in [0.2, 0.25) is 0 Å². The summed E-state index contributed by atoms with van der Waals surface area (Å²) in [6.45, 7) is 3.17. The molecular weight excluding hydrogens is 256 g/mol. The highest BCUT2D eigenvalue weighted by molar-refractivity contribution is 7.89. The normalized spacial score (nSPS) is 12.2. The zero-order chi connectivity index (χ0) is 14.1. The molecule has 1 aromatic rings. The number of hydrogen-bond acceptors (Lipinski definition) is 5. The fourth-order valence-electron chi connectivity index (χ4n) is 1.23. The lowest BCUT2D eigenvalue weighted by Gasteiger charge is -2.24. The average molecular weight is 272 g/mol. The first kappa shape index (κ1) is 14.3. The van der Waals surface area contributed by atoms with Gasteiger partial charge in [0.15, 0.2) is 0 Å². The zero-order valence-electron chi connectivity index (χ0n) is 10.1. The predicted molar refractivity (Wildman–Crippen MR) is 69.1 cm³/mol. The molecule has 100 valence electrons. The topological polar surface area (TPSA) is 141 Å². The third-order valence-electron chi connectivity index (χ3n) is 2.41. The van der Waals surface area contributed by atoms with Gasteiger partial charge in [0.25, 0.3) is 0 Å². The maximum absolute atomic E-state index is 11.2. The minimum Gasteiger partial charge on any atom is -0.397 e. The predicted octanol–water partition coefficient (Wildman–Crippen LogP) is -0.408. The number of nitrogen functional groups attached to an aromatic ring is 1. The largest absolute Gasteiger partial charge is 0.397 e. The minimum atomic E-state index is -3.80. The van der Waals surface area contributed by atoms with Gasteiger partial charge in [0, 0.05) is 0 Å². The number of nitrogens with one attached hydrogen (secondary N) is 1. The van der Waals surface area contributed by atoms with Crippen LogP contribution in [0.1, 0.15) is 13.8 Å². The molecule has 8 heteroatoms. The molecule has 0 bridgehead atoms. The molecule has 0 saturated heterocycles. The van der Waals surface area contributed by atoms with Crippen LogP contribution in [0.15, 0.2) is 23.1 Å². The van der Waals surface area contributed by atoms with Crippen molar-refractivity contribution in [3.63, 3.8) is 0 Å². The summed E-state index contributed by atoms with van der Waals surface area (Å²) in [4.78, 5) is 11.1. The number of primary sulfonamides is 1. The molecule has 0 atom stereocenters. The first-order valence-corrected chi connectivity index (χ1v) is 6.59. The molecule has 1 amide bonds. The van der Waals surface area contributed by atoms with Crippen LogP contribution in [-0.4, -0.2) is 19.9 Å². The van der Waals surface area contributed by atoms with Crippen LogP contribution in [0.3, 0.4) is 0 Å². The molecule has 0 aliphatic rings. The molecule has 0 unspecified atom stereocenters. The number of carbonyl (C=O) groups excluding carboxylic acids is 1. The SMILES string of the molecule is CC(C)(Nc1ccc(S(N)(=O)=O)cc1N)C(N)=O. The molecule has 0 saturated carbocycles. The summed E-state index contributed by atoms with van der Waals surface area (Å²) < 4.78 is 22.2. The lowest BCUT2D eigenvalue weighted by molar-refractivity contribution is -0.121. The summed E-state index contributed by atoms with van der Waals surface area (Å²) >= 11 is 0. The van der Waals surface area contributed by atoms with E-state index in [1.165, 1.54) is 18.2 Å². The van der Waals surface area contributed by atoms with Gasteiger partial charge in [0.1, 0.15) is 5.54 Å². The van der Waals surface area contributed by atoms with Crippen LogP contribution in [-0.2, 0) is 14.8 Å². The van der Waals surface area contributed by atoms with Crippen molar-refractivity contribution in [2.75, 3.05) is 11.1 Å². The van der Waals surface area contributed by atoms with E-state index in [1.54, 1.807) is 13.8 Å². The Bertz CT molecular complexity index is 581. The molecule has 0 heterocycles. The van der Waals surface area contributed by atoms with E-state index >= 15 is 0 Å². The number of hydrogen-bond donors (Lipinski definition) is 4. The number of rotatable bonds is 4. The van der Waals surface area contributed by atoms with Crippen molar-refractivity contribution in [2.45, 2.75) is 24.3 Å². The molecule has 1 aromatic carbocycles. The van der Waals surface area contributed by atoms with Crippen LogP contribution in [0, 0.1) is 0 Å². The first-order valence-electron chi connectivity index (χ1n) is 5.04. The highest BCUT2D eigenvalue weighted by Crippen LogP contribution is 2.24. The van der Waals surface area contributed by atoms with Crippen molar-refractivity contribution in [1.29, 1.82) is 0 Å². The summed E-state index contributed by atoms with van der Waals surface area (Å²) in [6.07, 6.45) is 0. The van der Waals surface area contributed by atoms with Gasteiger partial charge in [-0.3, -0.25) is 4.79 Å². The number of benzene rings is 1. The van der Waals surface area contributed by atoms with Crippen LogP contribution >= 0.6 is 0 Å². The molecule has 0 spiro atoms. The van der Waals surface area contributed by atoms with Gasteiger partial charge in [-0.25, -0.2) is 13.6 Å². The fraction of sp³-hybridized carbons (Fsp3) is 0.300. The van der Waals surface area contributed by atoms with Gasteiger partial charge in [0.2, 0.25) is 15.9 Å². The van der Waals surface area contributed by atoms with Gasteiger partial charge in [-0.15, -0.1) is 0 Å². The maximum Gasteiger partial charge on any atom is 0.242 e. The number of sulfonamides is 1. The zero-order valence-corrected chi connectivity index (χ0v) is 10.9. The van der Waals surface area contributed by atoms with Gasteiger partial charge in [0.05, 0.1) is 16.3 Å². The van der Waals surface area contributed by atoms with Crippen LogP contribution in [0.25, 0.3) is 0 Å². The van der Waals surface area contributed by atoms with Gasteiger partial charge < -0.3 is 16.8 Å². The molecule has 18 heavy (non-hydrogen) atoms. The van der Waals surface area contributed by atoms with Gasteiger partial charge >= 0.3 is 0 Å². The van der Waals surface area contributed by atoms with E-state index in [1.807, 2.05) is 0 Å². The Kier molecular flexibility index (Phi) is 3.54. The van der Waals surface area contributed by atoms with Crippen LogP contribution < -0.4 is 21.9 Å². The number of anilines is 2. The Labute approximate surface area is 105 Å². The Morgan fingerprint density at radius 3 is 2.28 bits per heavy atom. The molecule has 7 nitrogen and oxygen atoms in total. The van der Waals surface area contributed by atoms with E-state index in [0.29, 0.717) is 5.69 Å². The number of nitrogens with two attached hydrogens (primary N) is 3. The van der Waals surface area contributed by atoms with Gasteiger partial charge in [-0.2, -0.15) is 0 Å². The van der Waals surface area contributed by atoms with Crippen molar-refractivity contribution in [3.8, 4) is 0 Å². The summed E-state index contributed by atoms with van der Waals surface area (Å²) in [7, 11) is -3.80. The molecule has 0 fully saturated rings. The van der Waals surface area contributed by atoms with E-state index in [4.69, 9.17) is 16.6 Å². The van der Waals surface area contributed by atoms with E-state index in [9.17, 15) is 13.2 Å². The number of amides is 1. The molecule has 0 aromatic heterocycles. The number of primary amides is 1. The Morgan fingerprint density at radius 2 is 1.89 bits per heavy atom. The van der Waals surface area contributed by atoms with Crippen molar-refractivity contribution < 1.29 is 13.2 Å². The summed E-state index contributed by atoms with van der Waals surface area (Å²) in [5.74, 6) is -0.558.